The third kappa shape index (κ3) is 5.73. The van der Waals surface area contributed by atoms with Crippen LogP contribution in [0.5, 0.6) is 0 Å². The number of halogens is 1. The summed E-state index contributed by atoms with van der Waals surface area (Å²) < 4.78 is 25.9. The van der Waals surface area contributed by atoms with Gasteiger partial charge in [-0.2, -0.15) is 0 Å². The van der Waals surface area contributed by atoms with E-state index in [0.717, 1.165) is 63.1 Å². The summed E-state index contributed by atoms with van der Waals surface area (Å²) in [6, 6.07) is 2.87. The Kier molecular flexibility index (Phi) is 8.97. The molecule has 0 bridgehead atoms. The largest absolute Gasteiger partial charge is 0.481 e. The minimum absolute atomic E-state index is 0.0125. The molecule has 2 heterocycles. The summed E-state index contributed by atoms with van der Waals surface area (Å²) in [7, 11) is 0. The number of ketones is 1. The summed E-state index contributed by atoms with van der Waals surface area (Å²) in [6.45, 7) is 19.6. The average molecular weight is 732 g/mol. The molecule has 9 nitrogen and oxygen atoms in total. The van der Waals surface area contributed by atoms with Crippen molar-refractivity contribution in [2.45, 2.75) is 139 Å². The zero-order chi connectivity index (χ0) is 38.5. The maximum absolute atomic E-state index is 14.1. The number of pyridine rings is 1. The van der Waals surface area contributed by atoms with Gasteiger partial charge in [-0.05, 0) is 123 Å². The number of carboxylic acid groups (broad SMARTS) is 1. The fourth-order valence-corrected chi connectivity index (χ4v) is 13.0. The van der Waals surface area contributed by atoms with Crippen LogP contribution in [0.25, 0.3) is 11.6 Å². The van der Waals surface area contributed by atoms with E-state index in [1.54, 1.807) is 13.8 Å². The number of carboxylic acids is 1. The number of rotatable bonds is 8. The second kappa shape index (κ2) is 12.6. The number of nitrogens with zero attached hydrogens (tertiary/aromatic N) is 3. The van der Waals surface area contributed by atoms with Crippen LogP contribution >= 0.6 is 0 Å². The van der Waals surface area contributed by atoms with Crippen LogP contribution in [0.15, 0.2) is 33.9 Å². The van der Waals surface area contributed by atoms with Crippen LogP contribution in [-0.4, -0.2) is 44.1 Å². The molecular weight excluding hydrogens is 673 g/mol. The van der Waals surface area contributed by atoms with Gasteiger partial charge >= 0.3 is 11.9 Å². The minimum Gasteiger partial charge on any atom is -0.481 e. The molecule has 288 valence electrons. The normalized spacial score (nSPS) is 36.4. The van der Waals surface area contributed by atoms with Crippen LogP contribution in [0.2, 0.25) is 0 Å². The predicted octanol–water partition coefficient (Wildman–Crippen LogP) is 9.21. The molecule has 0 amide bonds. The number of aromatic nitrogens is 3. The number of hydrogen-bond donors (Lipinski definition) is 1. The molecule has 0 unspecified atom stereocenters. The zero-order valence-corrected chi connectivity index (χ0v) is 33.1. The van der Waals surface area contributed by atoms with Crippen molar-refractivity contribution in [2.75, 3.05) is 0 Å². The molecular formula is C43H58FN3O6. The molecule has 5 aliphatic carbocycles. The molecule has 53 heavy (non-hydrogen) atoms. The lowest BCUT2D eigenvalue weighted by atomic mass is 9.33. The van der Waals surface area contributed by atoms with Crippen LogP contribution in [0.1, 0.15) is 132 Å². The van der Waals surface area contributed by atoms with Gasteiger partial charge in [0, 0.05) is 23.7 Å². The van der Waals surface area contributed by atoms with Crippen molar-refractivity contribution in [3.05, 3.63) is 41.2 Å². The molecule has 0 aromatic carbocycles. The summed E-state index contributed by atoms with van der Waals surface area (Å²) >= 11 is 0. The van der Waals surface area contributed by atoms with Gasteiger partial charge in [0.15, 0.2) is 5.78 Å². The Morgan fingerprint density at radius 1 is 0.981 bits per heavy atom. The Bertz CT molecular complexity index is 1850. The fraction of sp³-hybridized carbons (Fsp3) is 0.721. The molecule has 10 heteroatoms. The summed E-state index contributed by atoms with van der Waals surface area (Å²) in [5.41, 5.74) is 1.07. The number of carbonyl (C=O) groups is 3. The molecule has 5 aliphatic rings. The van der Waals surface area contributed by atoms with E-state index < -0.39 is 23.2 Å². The second-order valence-corrected chi connectivity index (χ2v) is 19.7. The van der Waals surface area contributed by atoms with E-state index in [1.807, 2.05) is 0 Å². The molecule has 0 aliphatic heterocycles. The topological polar surface area (TPSA) is 132 Å². The summed E-state index contributed by atoms with van der Waals surface area (Å²) in [4.78, 5) is 43.0. The summed E-state index contributed by atoms with van der Waals surface area (Å²) in [5.74, 6) is 0.359. The Morgan fingerprint density at radius 3 is 2.38 bits per heavy atom. The smallest absolute Gasteiger partial charge is 0.309 e. The Labute approximate surface area is 313 Å². The summed E-state index contributed by atoms with van der Waals surface area (Å²) in [5, 5.41) is 18.3. The molecule has 4 saturated carbocycles. The number of esters is 1. The first kappa shape index (κ1) is 37.9. The Hall–Kier alpha value is -3.43. The van der Waals surface area contributed by atoms with Gasteiger partial charge in [0.1, 0.15) is 17.6 Å². The molecule has 1 N–H and O–H groups in total. The van der Waals surface area contributed by atoms with Gasteiger partial charge in [-0.15, -0.1) is 10.2 Å². The van der Waals surface area contributed by atoms with E-state index in [2.05, 4.69) is 63.6 Å². The first-order valence-electron chi connectivity index (χ1n) is 19.8. The molecule has 0 radical (unpaired) electrons. The number of allylic oxidation sites excluding steroid dienone is 2. The highest BCUT2D eigenvalue weighted by Gasteiger charge is 2.70. The van der Waals surface area contributed by atoms with E-state index >= 15 is 0 Å². The highest BCUT2D eigenvalue weighted by Crippen LogP contribution is 2.77. The van der Waals surface area contributed by atoms with Crippen molar-refractivity contribution >= 4 is 17.7 Å². The van der Waals surface area contributed by atoms with Crippen molar-refractivity contribution < 1.29 is 33.0 Å². The average Bonchev–Trinajstić information content (AvgIpc) is 3.64. The monoisotopic (exact) mass is 731 g/mol. The van der Waals surface area contributed by atoms with E-state index in [9.17, 15) is 23.9 Å². The van der Waals surface area contributed by atoms with Crippen molar-refractivity contribution in [3.8, 4) is 11.6 Å². The number of Topliss-reactive ketones (excluding diaryl/α,β-unsaturated/α-hetero) is 1. The highest BCUT2D eigenvalue weighted by atomic mass is 19.1. The maximum Gasteiger partial charge on any atom is 0.309 e. The number of ether oxygens (including phenoxy) is 1. The van der Waals surface area contributed by atoms with Crippen LogP contribution in [-0.2, 0) is 25.5 Å². The van der Waals surface area contributed by atoms with Crippen LogP contribution in [0.3, 0.4) is 0 Å². The molecule has 4 fully saturated rings. The van der Waals surface area contributed by atoms with Crippen LogP contribution < -0.4 is 0 Å². The Morgan fingerprint density at radius 2 is 1.72 bits per heavy atom. The van der Waals surface area contributed by atoms with Gasteiger partial charge in [0.2, 0.25) is 5.89 Å². The Balaban J connectivity index is 1.17. The zero-order valence-electron chi connectivity index (χ0n) is 33.1. The van der Waals surface area contributed by atoms with Crippen LogP contribution in [0.4, 0.5) is 4.39 Å². The van der Waals surface area contributed by atoms with Crippen molar-refractivity contribution in [1.82, 2.24) is 15.2 Å². The van der Waals surface area contributed by atoms with Crippen LogP contribution in [0, 0.1) is 62.0 Å². The number of hydrogen-bond acceptors (Lipinski definition) is 8. The first-order valence-corrected chi connectivity index (χ1v) is 19.8. The van der Waals surface area contributed by atoms with Gasteiger partial charge in [-0.3, -0.25) is 14.4 Å². The van der Waals surface area contributed by atoms with Crippen molar-refractivity contribution in [3.63, 3.8) is 0 Å². The fourth-order valence-electron chi connectivity index (χ4n) is 13.0. The lowest BCUT2D eigenvalue weighted by Gasteiger charge is -2.72. The molecule has 2 aromatic rings. The lowest BCUT2D eigenvalue weighted by Crippen LogP contribution is -2.65. The molecule has 0 saturated heterocycles. The predicted molar refractivity (Wildman–Crippen MR) is 197 cm³/mol. The van der Waals surface area contributed by atoms with Gasteiger partial charge in [0.25, 0.3) is 5.89 Å². The third-order valence-electron chi connectivity index (χ3n) is 15.9. The van der Waals surface area contributed by atoms with Crippen molar-refractivity contribution in [2.24, 2.45) is 56.2 Å². The van der Waals surface area contributed by atoms with Gasteiger partial charge in [-0.25, -0.2) is 9.37 Å². The molecule has 7 rings (SSSR count). The quantitative estimate of drug-likeness (QED) is 0.264. The minimum atomic E-state index is -1.17. The van der Waals surface area contributed by atoms with Crippen molar-refractivity contribution in [1.29, 1.82) is 0 Å². The third-order valence-corrected chi connectivity index (χ3v) is 15.9. The summed E-state index contributed by atoms with van der Waals surface area (Å²) in [6.07, 6.45) is 9.55. The lowest BCUT2D eigenvalue weighted by molar-refractivity contribution is -0.233. The molecule has 2 aromatic heterocycles. The SMILES string of the molecule is CC(C)C1=C2[C@H]3CC[C@@H]4[C@@]5(C)CC[C@H](OC(=O)CC(C)(C)C(=O)O)C(C)(C)[C@@H]5CC[C@@]4(C)[C@]3(C)CC[C@@]2(Cc2nnc(-c3ccc(F)cn3)o2)CC1=O. The van der Waals surface area contributed by atoms with E-state index in [-0.39, 0.29) is 63.1 Å². The highest BCUT2D eigenvalue weighted by molar-refractivity contribution is 6.00. The standard InChI is InChI=1S/C43H58FN3O6/c1-24(2)34-28(48)20-43(21-32-46-47-36(53-32)27-12-10-25(44)23-45-27)19-18-41(8)26(35(34)43)11-13-30-40(7)16-15-31(52-33(49)22-38(3,4)37(50)51)39(5,6)29(40)14-17-42(30,41)9/h10,12,23-24,26,29-31H,11,13-22H2,1-9H3,(H,50,51)/t26-,29+,30-,31+,40+,41-,42-,43+/m1/s1. The maximum atomic E-state index is 14.1. The number of aliphatic carboxylic acids is 1. The number of carbonyl (C=O) groups excluding carboxylic acids is 2. The molecule has 0 spiro atoms. The second-order valence-electron chi connectivity index (χ2n) is 19.7. The van der Waals surface area contributed by atoms with E-state index in [0.29, 0.717) is 36.3 Å². The first-order chi connectivity index (χ1) is 24.7. The van der Waals surface area contributed by atoms with Gasteiger partial charge in [-0.1, -0.05) is 54.0 Å². The van der Waals surface area contributed by atoms with Gasteiger partial charge < -0.3 is 14.3 Å². The van der Waals surface area contributed by atoms with E-state index in [1.165, 1.54) is 17.7 Å². The van der Waals surface area contributed by atoms with Gasteiger partial charge in [0.05, 0.1) is 18.0 Å². The van der Waals surface area contributed by atoms with E-state index in [4.69, 9.17) is 9.15 Å². The molecule has 8 atom stereocenters. The number of fused-ring (bicyclic) bond motifs is 7.